The molecule has 0 aromatic heterocycles. The molecule has 0 aromatic carbocycles. The zero-order valence-electron chi connectivity index (χ0n) is 27.4. The quantitative estimate of drug-likeness (QED) is 0.134. The van der Waals surface area contributed by atoms with E-state index in [1.54, 1.807) is 6.92 Å². The van der Waals surface area contributed by atoms with Crippen LogP contribution in [0, 0.1) is 28.6 Å². The molecule has 7 rings (SSSR count). The van der Waals surface area contributed by atoms with Gasteiger partial charge in [-0.3, -0.25) is 4.79 Å². The van der Waals surface area contributed by atoms with Gasteiger partial charge in [-0.1, -0.05) is 6.92 Å². The van der Waals surface area contributed by atoms with Crippen molar-refractivity contribution in [2.45, 2.75) is 151 Å². The Labute approximate surface area is 279 Å². The van der Waals surface area contributed by atoms with Crippen LogP contribution >= 0.6 is 0 Å². The zero-order valence-corrected chi connectivity index (χ0v) is 27.4. The number of hydrogen-bond acceptors (Lipinski definition) is 14. The van der Waals surface area contributed by atoms with E-state index in [0.29, 0.717) is 57.1 Å². The van der Waals surface area contributed by atoms with Crippen molar-refractivity contribution >= 4 is 12.3 Å². The molecule has 0 spiro atoms. The number of allylic oxidation sites excluding steroid dienone is 1. The molecule has 4 saturated carbocycles. The van der Waals surface area contributed by atoms with Crippen LogP contribution < -0.4 is 0 Å². The monoisotopic (exact) mass is 682 g/mol. The van der Waals surface area contributed by atoms with E-state index in [9.17, 15) is 45.3 Å². The fourth-order valence-corrected chi connectivity index (χ4v) is 10.9. The van der Waals surface area contributed by atoms with Gasteiger partial charge in [0.1, 0.15) is 48.7 Å². The molecule has 48 heavy (non-hydrogen) atoms. The minimum atomic E-state index is -1.65. The maximum atomic E-state index is 13.1. The molecule has 4 aliphatic carbocycles. The van der Waals surface area contributed by atoms with Crippen molar-refractivity contribution < 1.29 is 69.0 Å². The van der Waals surface area contributed by atoms with Gasteiger partial charge < -0.3 is 64.2 Å². The van der Waals surface area contributed by atoms with Crippen LogP contribution in [-0.2, 0) is 33.3 Å². The summed E-state index contributed by atoms with van der Waals surface area (Å²) in [5.41, 5.74) is -4.08. The van der Waals surface area contributed by atoms with Crippen molar-refractivity contribution in [1.82, 2.24) is 0 Å². The van der Waals surface area contributed by atoms with Crippen LogP contribution in [0.3, 0.4) is 0 Å². The van der Waals surface area contributed by atoms with Crippen molar-refractivity contribution in [3.05, 3.63) is 11.8 Å². The van der Waals surface area contributed by atoms with Crippen LogP contribution in [0.4, 0.5) is 0 Å². The summed E-state index contributed by atoms with van der Waals surface area (Å²) in [6, 6.07) is 0. The number of carbonyl (C=O) groups excluding carboxylic acids is 2. The number of hydrogen-bond donors (Lipinski definition) is 7. The van der Waals surface area contributed by atoms with Crippen molar-refractivity contribution in [3.63, 3.8) is 0 Å². The van der Waals surface area contributed by atoms with Crippen LogP contribution in [0.5, 0.6) is 0 Å². The number of carbonyl (C=O) groups is 2. The Bertz CT molecular complexity index is 1290. The fraction of sp³-hybridized carbons (Fsp3) is 0.882. The Morgan fingerprint density at radius 2 is 1.62 bits per heavy atom. The minimum absolute atomic E-state index is 0.0826. The molecule has 2 saturated heterocycles. The number of esters is 1. The van der Waals surface area contributed by atoms with E-state index in [0.717, 1.165) is 6.29 Å². The number of aldehydes is 1. The predicted octanol–water partition coefficient (Wildman–Crippen LogP) is -0.439. The van der Waals surface area contributed by atoms with E-state index < -0.39 is 90.1 Å². The highest BCUT2D eigenvalue weighted by atomic mass is 16.8. The summed E-state index contributed by atoms with van der Waals surface area (Å²) in [6.07, 6.45) is -5.16. The standard InChI is InChI=1S/C34H50O14/c1-16-28(48-29-26(40)25(39)24(38)22(14-35)47-29)27(41)30(44-16)45-17-5-10-32(15-36)18-6-9-31(2)20(21-3-4-23(37)46-21)8-12-34(31,43)19(18)7-11-33(32,42)13-17/h3,15-20,22,24-30,35,38-43H,4-14H2,1-2H3. The summed E-state index contributed by atoms with van der Waals surface area (Å²) in [7, 11) is 0. The average Bonchev–Trinajstić information content (AvgIpc) is 3.69. The van der Waals surface area contributed by atoms with Gasteiger partial charge in [-0.05, 0) is 76.2 Å². The Morgan fingerprint density at radius 1 is 0.896 bits per heavy atom. The third kappa shape index (κ3) is 5.01. The second kappa shape index (κ2) is 12.3. The molecule has 7 aliphatic rings. The van der Waals surface area contributed by atoms with Gasteiger partial charge in [-0.25, -0.2) is 0 Å². The Hall–Kier alpha value is -1.56. The number of ether oxygens (including phenoxy) is 5. The van der Waals surface area contributed by atoms with Gasteiger partial charge in [0.25, 0.3) is 0 Å². The molecule has 6 fully saturated rings. The van der Waals surface area contributed by atoms with Crippen LogP contribution in [0.15, 0.2) is 11.8 Å². The molecule has 0 aromatic rings. The van der Waals surface area contributed by atoms with Crippen LogP contribution in [0.1, 0.15) is 78.1 Å². The Kier molecular flexibility index (Phi) is 8.93. The summed E-state index contributed by atoms with van der Waals surface area (Å²) in [5, 5.41) is 76.0. The molecule has 270 valence electrons. The number of fused-ring (bicyclic) bond motifs is 5. The first-order chi connectivity index (χ1) is 22.7. The summed E-state index contributed by atoms with van der Waals surface area (Å²) in [4.78, 5) is 25.0. The topological polar surface area (TPSA) is 222 Å². The zero-order chi connectivity index (χ0) is 34.4. The van der Waals surface area contributed by atoms with E-state index in [2.05, 4.69) is 6.92 Å². The lowest BCUT2D eigenvalue weighted by molar-refractivity contribution is -0.317. The van der Waals surface area contributed by atoms with E-state index in [4.69, 9.17) is 23.7 Å². The van der Waals surface area contributed by atoms with Crippen molar-refractivity contribution in [2.75, 3.05) is 6.61 Å². The minimum Gasteiger partial charge on any atom is -0.431 e. The molecule has 0 bridgehead atoms. The van der Waals surface area contributed by atoms with Crippen LogP contribution in [0.2, 0.25) is 0 Å². The Morgan fingerprint density at radius 3 is 2.31 bits per heavy atom. The normalized spacial score (nSPS) is 55.0. The smallest absolute Gasteiger partial charge is 0.314 e. The molecule has 3 aliphatic heterocycles. The third-order valence-electron chi connectivity index (χ3n) is 13.6. The van der Waals surface area contributed by atoms with E-state index in [1.807, 2.05) is 6.08 Å². The van der Waals surface area contributed by atoms with Crippen molar-refractivity contribution in [1.29, 1.82) is 0 Å². The summed E-state index contributed by atoms with van der Waals surface area (Å²) >= 11 is 0. The molecule has 14 nitrogen and oxygen atoms in total. The van der Waals surface area contributed by atoms with Gasteiger partial charge in [0.2, 0.25) is 0 Å². The van der Waals surface area contributed by atoms with E-state index in [1.165, 1.54) is 0 Å². The van der Waals surface area contributed by atoms with Gasteiger partial charge in [0.15, 0.2) is 12.6 Å². The summed E-state index contributed by atoms with van der Waals surface area (Å²) < 4.78 is 28.9. The van der Waals surface area contributed by atoms with Crippen molar-refractivity contribution in [2.24, 2.45) is 28.6 Å². The van der Waals surface area contributed by atoms with E-state index >= 15 is 0 Å². The van der Waals surface area contributed by atoms with Gasteiger partial charge >= 0.3 is 5.97 Å². The predicted molar refractivity (Wildman–Crippen MR) is 161 cm³/mol. The molecule has 17 unspecified atom stereocenters. The highest BCUT2D eigenvalue weighted by molar-refractivity contribution is 5.75. The average molecular weight is 683 g/mol. The number of aliphatic hydroxyl groups is 7. The maximum absolute atomic E-state index is 13.1. The molecule has 0 radical (unpaired) electrons. The van der Waals surface area contributed by atoms with Gasteiger partial charge in [0.05, 0.1) is 41.9 Å². The molecule has 3 heterocycles. The van der Waals surface area contributed by atoms with Crippen LogP contribution in [-0.4, -0.2) is 127 Å². The first-order valence-electron chi connectivity index (χ1n) is 17.5. The van der Waals surface area contributed by atoms with Crippen molar-refractivity contribution in [3.8, 4) is 0 Å². The summed E-state index contributed by atoms with van der Waals surface area (Å²) in [6.45, 7) is 3.09. The molecule has 17 atom stereocenters. The first-order valence-corrected chi connectivity index (χ1v) is 17.5. The lowest BCUT2D eigenvalue weighted by atomic mass is 9.42. The second-order valence-corrected chi connectivity index (χ2v) is 15.7. The number of rotatable bonds is 7. The third-order valence-corrected chi connectivity index (χ3v) is 13.6. The SMILES string of the molecule is CC1OC(OC2CCC3(C=O)C4CCC5(C)C(C6=CCC(=O)O6)CCC5(O)C4CCC3(O)C2)C(O)C1OC1OC(CO)C(O)C(O)C1O. The van der Waals surface area contributed by atoms with Gasteiger partial charge in [-0.2, -0.15) is 0 Å². The molecular formula is C34H50O14. The highest BCUT2D eigenvalue weighted by Gasteiger charge is 2.72. The lowest BCUT2D eigenvalue weighted by Crippen LogP contribution is -2.69. The molecular weight excluding hydrogens is 632 g/mol. The summed E-state index contributed by atoms with van der Waals surface area (Å²) in [5.74, 6) is -0.153. The van der Waals surface area contributed by atoms with Crippen LogP contribution in [0.25, 0.3) is 0 Å². The fourth-order valence-electron chi connectivity index (χ4n) is 10.9. The number of aliphatic hydroxyl groups excluding tert-OH is 5. The highest BCUT2D eigenvalue weighted by Crippen LogP contribution is 2.70. The lowest BCUT2D eigenvalue weighted by Gasteiger charge is -2.65. The largest absolute Gasteiger partial charge is 0.431 e. The van der Waals surface area contributed by atoms with E-state index in [-0.39, 0.29) is 36.6 Å². The first kappa shape index (κ1) is 34.9. The van der Waals surface area contributed by atoms with Gasteiger partial charge in [-0.15, -0.1) is 0 Å². The molecule has 0 amide bonds. The Balaban J connectivity index is 1.03. The second-order valence-electron chi connectivity index (χ2n) is 15.7. The number of cyclic esters (lactones) is 1. The van der Waals surface area contributed by atoms with Gasteiger partial charge in [0, 0.05) is 17.8 Å². The maximum Gasteiger partial charge on any atom is 0.314 e. The molecule has 7 N–H and O–H groups in total. The molecule has 14 heteroatoms.